The fourth-order valence-electron chi connectivity index (χ4n) is 3.61. The minimum Gasteiger partial charge on any atom is -0.310 e. The second-order valence-corrected chi connectivity index (χ2v) is 6.05. The number of hydrogen-bond donors (Lipinski definition) is 1. The lowest BCUT2D eigenvalue weighted by molar-refractivity contribution is 0.0814. The number of aromatic nitrogens is 2. The molecule has 0 spiro atoms. The van der Waals surface area contributed by atoms with Gasteiger partial charge in [-0.25, -0.2) is 0 Å². The molecule has 1 fully saturated rings. The SMILES string of the molecule is CNC(c1ccn(C)n1)C1(N(C)C)CCCCCC1. The van der Waals surface area contributed by atoms with Crippen LogP contribution in [0.15, 0.2) is 12.3 Å². The number of aryl methyl sites for hydroxylation is 1. The topological polar surface area (TPSA) is 33.1 Å². The number of likely N-dealkylation sites (N-methyl/N-ethyl adjacent to an activating group) is 2. The summed E-state index contributed by atoms with van der Waals surface area (Å²) in [6.07, 6.45) is 9.93. The molecule has 1 aliphatic rings. The van der Waals surface area contributed by atoms with Crippen molar-refractivity contribution in [3.05, 3.63) is 18.0 Å². The van der Waals surface area contributed by atoms with E-state index in [4.69, 9.17) is 0 Å². The predicted molar refractivity (Wildman–Crippen MR) is 79.1 cm³/mol. The third-order valence-electron chi connectivity index (χ3n) is 4.72. The molecule has 0 aromatic carbocycles. The lowest BCUT2D eigenvalue weighted by Crippen LogP contribution is -2.53. The highest BCUT2D eigenvalue weighted by molar-refractivity contribution is 5.14. The maximum atomic E-state index is 4.64. The summed E-state index contributed by atoms with van der Waals surface area (Å²) in [5.41, 5.74) is 1.36. The van der Waals surface area contributed by atoms with Crippen LogP contribution in [0, 0.1) is 0 Å². The smallest absolute Gasteiger partial charge is 0.0812 e. The highest BCUT2D eigenvalue weighted by Gasteiger charge is 2.42. The Morgan fingerprint density at radius 2 is 1.89 bits per heavy atom. The molecule has 0 saturated heterocycles. The molecule has 0 bridgehead atoms. The average Bonchev–Trinajstić information content (AvgIpc) is 2.66. The van der Waals surface area contributed by atoms with Crippen molar-refractivity contribution in [1.82, 2.24) is 20.0 Å². The van der Waals surface area contributed by atoms with Gasteiger partial charge in [0.1, 0.15) is 0 Å². The lowest BCUT2D eigenvalue weighted by Gasteiger charge is -2.45. The highest BCUT2D eigenvalue weighted by atomic mass is 15.3. The summed E-state index contributed by atoms with van der Waals surface area (Å²) in [5, 5.41) is 8.18. The van der Waals surface area contributed by atoms with E-state index < -0.39 is 0 Å². The molecule has 19 heavy (non-hydrogen) atoms. The number of nitrogens with zero attached hydrogens (tertiary/aromatic N) is 3. The third-order valence-corrected chi connectivity index (χ3v) is 4.72. The van der Waals surface area contributed by atoms with Crippen molar-refractivity contribution in [2.75, 3.05) is 21.1 Å². The fourth-order valence-corrected chi connectivity index (χ4v) is 3.61. The van der Waals surface area contributed by atoms with Gasteiger partial charge in [0.25, 0.3) is 0 Å². The first kappa shape index (κ1) is 14.5. The molecule has 0 amide bonds. The molecule has 1 saturated carbocycles. The quantitative estimate of drug-likeness (QED) is 0.847. The van der Waals surface area contributed by atoms with E-state index in [1.165, 1.54) is 44.2 Å². The molecule has 2 rings (SSSR count). The summed E-state index contributed by atoms with van der Waals surface area (Å²) in [6, 6.07) is 2.46. The Bertz CT molecular complexity index is 389. The lowest BCUT2D eigenvalue weighted by atomic mass is 9.80. The first-order chi connectivity index (χ1) is 9.10. The summed E-state index contributed by atoms with van der Waals surface area (Å²) in [5.74, 6) is 0. The standard InChI is InChI=1S/C15H28N4/c1-16-14(13-9-12-19(4)17-13)15(18(2)3)10-7-5-6-8-11-15/h9,12,14,16H,5-8,10-11H2,1-4H3. The summed E-state index contributed by atoms with van der Waals surface area (Å²) in [6.45, 7) is 0. The molecule has 1 heterocycles. The van der Waals surface area contributed by atoms with E-state index in [0.717, 1.165) is 0 Å². The Kier molecular flexibility index (Phi) is 4.63. The van der Waals surface area contributed by atoms with E-state index in [1.807, 2.05) is 17.9 Å². The maximum Gasteiger partial charge on any atom is 0.0812 e. The van der Waals surface area contributed by atoms with Crippen LogP contribution in [-0.4, -0.2) is 41.4 Å². The van der Waals surface area contributed by atoms with Crippen LogP contribution >= 0.6 is 0 Å². The Morgan fingerprint density at radius 3 is 2.32 bits per heavy atom. The van der Waals surface area contributed by atoms with Gasteiger partial charge in [0.2, 0.25) is 0 Å². The van der Waals surface area contributed by atoms with Crippen molar-refractivity contribution < 1.29 is 0 Å². The van der Waals surface area contributed by atoms with Gasteiger partial charge in [-0.2, -0.15) is 5.10 Å². The Balaban J connectivity index is 2.34. The van der Waals surface area contributed by atoms with Crippen molar-refractivity contribution in [1.29, 1.82) is 0 Å². The van der Waals surface area contributed by atoms with Crippen LogP contribution in [0.1, 0.15) is 50.3 Å². The zero-order valence-electron chi connectivity index (χ0n) is 12.8. The van der Waals surface area contributed by atoms with Crippen LogP contribution in [0.3, 0.4) is 0 Å². The summed E-state index contributed by atoms with van der Waals surface area (Å²) in [4.78, 5) is 2.42. The summed E-state index contributed by atoms with van der Waals surface area (Å²) >= 11 is 0. The van der Waals surface area contributed by atoms with E-state index in [1.54, 1.807) is 0 Å². The molecule has 1 N–H and O–H groups in total. The van der Waals surface area contributed by atoms with Gasteiger partial charge in [0, 0.05) is 18.8 Å². The van der Waals surface area contributed by atoms with Gasteiger partial charge in [-0.1, -0.05) is 25.7 Å². The van der Waals surface area contributed by atoms with E-state index in [0.29, 0.717) is 6.04 Å². The summed E-state index contributed by atoms with van der Waals surface area (Å²) < 4.78 is 1.90. The van der Waals surface area contributed by atoms with E-state index in [-0.39, 0.29) is 5.54 Å². The van der Waals surface area contributed by atoms with Crippen molar-refractivity contribution in [3.8, 4) is 0 Å². The van der Waals surface area contributed by atoms with Crippen LogP contribution in [0.4, 0.5) is 0 Å². The van der Waals surface area contributed by atoms with Gasteiger partial charge in [0.15, 0.2) is 0 Å². The molecule has 1 aromatic rings. The molecule has 1 aromatic heterocycles. The zero-order chi connectivity index (χ0) is 13.9. The first-order valence-electron chi connectivity index (χ1n) is 7.44. The van der Waals surface area contributed by atoms with Gasteiger partial charge in [-0.15, -0.1) is 0 Å². The third kappa shape index (κ3) is 2.84. The highest BCUT2D eigenvalue weighted by Crippen LogP contribution is 2.40. The molecule has 1 atom stereocenters. The average molecular weight is 264 g/mol. The maximum absolute atomic E-state index is 4.64. The van der Waals surface area contributed by atoms with Gasteiger partial charge in [0.05, 0.1) is 11.7 Å². The zero-order valence-corrected chi connectivity index (χ0v) is 12.8. The van der Waals surface area contributed by atoms with Crippen molar-refractivity contribution in [2.45, 2.75) is 50.1 Å². The van der Waals surface area contributed by atoms with E-state index in [9.17, 15) is 0 Å². The molecule has 1 aliphatic carbocycles. The van der Waals surface area contributed by atoms with Crippen LogP contribution in [0.2, 0.25) is 0 Å². The number of nitrogens with one attached hydrogen (secondary N) is 1. The molecule has 1 unspecified atom stereocenters. The minimum absolute atomic E-state index is 0.194. The molecular formula is C15H28N4. The Morgan fingerprint density at radius 1 is 1.26 bits per heavy atom. The van der Waals surface area contributed by atoms with Crippen molar-refractivity contribution >= 4 is 0 Å². The largest absolute Gasteiger partial charge is 0.310 e. The molecule has 108 valence electrons. The minimum atomic E-state index is 0.194. The van der Waals surface area contributed by atoms with Crippen LogP contribution in [-0.2, 0) is 7.05 Å². The van der Waals surface area contributed by atoms with E-state index >= 15 is 0 Å². The van der Waals surface area contributed by atoms with Crippen LogP contribution < -0.4 is 5.32 Å². The first-order valence-corrected chi connectivity index (χ1v) is 7.44. The molecule has 4 heteroatoms. The number of rotatable bonds is 4. The van der Waals surface area contributed by atoms with Gasteiger partial charge < -0.3 is 10.2 Å². The van der Waals surface area contributed by atoms with Gasteiger partial charge >= 0.3 is 0 Å². The predicted octanol–water partition coefficient (Wildman–Crippen LogP) is 2.34. The monoisotopic (exact) mass is 264 g/mol. The van der Waals surface area contributed by atoms with Crippen LogP contribution in [0.25, 0.3) is 0 Å². The van der Waals surface area contributed by atoms with Crippen molar-refractivity contribution in [2.24, 2.45) is 7.05 Å². The molecular weight excluding hydrogens is 236 g/mol. The Labute approximate surface area is 117 Å². The molecule has 4 nitrogen and oxygen atoms in total. The van der Waals surface area contributed by atoms with Gasteiger partial charge in [-0.3, -0.25) is 4.68 Å². The second kappa shape index (κ2) is 6.06. The number of hydrogen-bond acceptors (Lipinski definition) is 3. The molecule has 0 radical (unpaired) electrons. The van der Waals surface area contributed by atoms with Crippen molar-refractivity contribution in [3.63, 3.8) is 0 Å². The van der Waals surface area contributed by atoms with Gasteiger partial charge in [-0.05, 0) is 40.1 Å². The van der Waals surface area contributed by atoms with E-state index in [2.05, 4.69) is 42.5 Å². The molecule has 0 aliphatic heterocycles. The Hall–Kier alpha value is -0.870. The summed E-state index contributed by atoms with van der Waals surface area (Å²) in [7, 11) is 8.50. The van der Waals surface area contributed by atoms with Crippen LogP contribution in [0.5, 0.6) is 0 Å². The fraction of sp³-hybridized carbons (Fsp3) is 0.800. The normalized spacial score (nSPS) is 21.3. The second-order valence-electron chi connectivity index (χ2n) is 6.05.